The van der Waals surface area contributed by atoms with Crippen molar-refractivity contribution < 1.29 is 13.9 Å². The predicted molar refractivity (Wildman–Crippen MR) is 87.4 cm³/mol. The Balaban J connectivity index is 2.00. The van der Waals surface area contributed by atoms with Gasteiger partial charge in [-0.1, -0.05) is 19.9 Å². The van der Waals surface area contributed by atoms with Crippen LogP contribution in [0.2, 0.25) is 0 Å². The summed E-state index contributed by atoms with van der Waals surface area (Å²) in [5.74, 6) is -0.0617. The fourth-order valence-electron chi connectivity index (χ4n) is 2.92. The lowest BCUT2D eigenvalue weighted by Crippen LogP contribution is -2.45. The number of rotatable bonds is 6. The molecule has 1 heterocycles. The molecule has 0 aliphatic carbocycles. The molecule has 0 radical (unpaired) electrons. The van der Waals surface area contributed by atoms with Crippen LogP contribution >= 0.6 is 0 Å². The third-order valence-electron chi connectivity index (χ3n) is 4.42. The van der Waals surface area contributed by atoms with Crippen LogP contribution in [0.3, 0.4) is 0 Å². The van der Waals surface area contributed by atoms with Gasteiger partial charge in [0.25, 0.3) is 0 Å². The van der Waals surface area contributed by atoms with E-state index in [1.165, 1.54) is 6.07 Å². The smallest absolute Gasteiger partial charge is 0.239 e. The van der Waals surface area contributed by atoms with Crippen molar-refractivity contribution in [2.45, 2.75) is 52.2 Å². The van der Waals surface area contributed by atoms with Crippen LogP contribution < -0.4 is 20.9 Å². The second-order valence-electron chi connectivity index (χ2n) is 5.99. The molecule has 4 unspecified atom stereocenters. The van der Waals surface area contributed by atoms with Crippen LogP contribution in [0.15, 0.2) is 18.2 Å². The number of hydrogen-bond donors (Lipinski definition) is 3. The Hall–Kier alpha value is -1.66. The molecule has 6 heteroatoms. The number of ether oxygens (including phenoxy) is 1. The summed E-state index contributed by atoms with van der Waals surface area (Å²) in [6, 6.07) is 4.51. The minimum Gasteiger partial charge on any atom is -0.491 e. The Bertz CT molecular complexity index is 553. The Labute approximate surface area is 137 Å². The first-order chi connectivity index (χ1) is 11.0. The second-order valence-corrected chi connectivity index (χ2v) is 5.99. The summed E-state index contributed by atoms with van der Waals surface area (Å²) in [5, 5.41) is 2.94. The monoisotopic (exact) mass is 323 g/mol. The Morgan fingerprint density at radius 1 is 1.39 bits per heavy atom. The summed E-state index contributed by atoms with van der Waals surface area (Å²) in [6.45, 7) is 8.20. The van der Waals surface area contributed by atoms with E-state index in [0.29, 0.717) is 12.2 Å². The second kappa shape index (κ2) is 7.75. The van der Waals surface area contributed by atoms with Gasteiger partial charge in [-0.15, -0.1) is 0 Å². The average Bonchev–Trinajstić information content (AvgIpc) is 2.90. The first-order valence-electron chi connectivity index (χ1n) is 8.21. The third-order valence-corrected chi connectivity index (χ3v) is 4.42. The molecule has 1 aliphatic heterocycles. The van der Waals surface area contributed by atoms with Gasteiger partial charge in [0.05, 0.1) is 12.6 Å². The summed E-state index contributed by atoms with van der Waals surface area (Å²) < 4.78 is 19.1. The fraction of sp³-hybridized carbons (Fsp3) is 0.588. The van der Waals surface area contributed by atoms with E-state index in [0.717, 1.165) is 6.42 Å². The van der Waals surface area contributed by atoms with E-state index >= 15 is 0 Å². The topological polar surface area (TPSA) is 62.4 Å². The van der Waals surface area contributed by atoms with Gasteiger partial charge >= 0.3 is 0 Å². The van der Waals surface area contributed by atoms with Crippen molar-refractivity contribution in [3.05, 3.63) is 29.6 Å². The molecule has 23 heavy (non-hydrogen) atoms. The lowest BCUT2D eigenvalue weighted by molar-refractivity contribution is -0.124. The molecule has 2 rings (SSSR count). The standard InChI is InChI=1S/C17H26FN3O2/c1-5-14-10(3)16(21-20-14)17(22)19-11(4)12-7-8-15(23-6-2)13(18)9-12/h7-11,14,16,20-21H,5-6H2,1-4H3,(H,19,22). The Kier molecular flexibility index (Phi) is 5.96. The van der Waals surface area contributed by atoms with Crippen LogP contribution in [0, 0.1) is 11.7 Å². The summed E-state index contributed by atoms with van der Waals surface area (Å²) in [4.78, 5) is 12.4. The number of nitrogens with one attached hydrogen (secondary N) is 3. The molecule has 1 aromatic rings. The quantitative estimate of drug-likeness (QED) is 0.752. The minimum absolute atomic E-state index is 0.0808. The summed E-state index contributed by atoms with van der Waals surface area (Å²) in [6.07, 6.45) is 0.956. The maximum absolute atomic E-state index is 13.9. The molecule has 5 nitrogen and oxygen atoms in total. The molecule has 0 saturated carbocycles. The van der Waals surface area contributed by atoms with Crippen LogP contribution in [0.25, 0.3) is 0 Å². The molecule has 1 saturated heterocycles. The van der Waals surface area contributed by atoms with Gasteiger partial charge in [0.2, 0.25) is 5.91 Å². The van der Waals surface area contributed by atoms with Crippen molar-refractivity contribution in [2.75, 3.05) is 6.61 Å². The van der Waals surface area contributed by atoms with E-state index in [9.17, 15) is 9.18 Å². The summed E-state index contributed by atoms with van der Waals surface area (Å²) in [7, 11) is 0. The van der Waals surface area contributed by atoms with E-state index in [1.807, 2.05) is 20.8 Å². The molecule has 0 spiro atoms. The highest BCUT2D eigenvalue weighted by atomic mass is 19.1. The van der Waals surface area contributed by atoms with Crippen molar-refractivity contribution in [3.63, 3.8) is 0 Å². The largest absolute Gasteiger partial charge is 0.491 e. The first kappa shape index (κ1) is 17.7. The van der Waals surface area contributed by atoms with Crippen molar-refractivity contribution in [3.8, 4) is 5.75 Å². The number of carbonyl (C=O) groups is 1. The van der Waals surface area contributed by atoms with Crippen LogP contribution in [-0.4, -0.2) is 24.6 Å². The van der Waals surface area contributed by atoms with Gasteiger partial charge in [0.15, 0.2) is 11.6 Å². The zero-order valence-corrected chi connectivity index (χ0v) is 14.2. The molecule has 1 aliphatic rings. The SMILES string of the molecule is CCOc1ccc(C(C)NC(=O)C2NNC(CC)C2C)cc1F. The van der Waals surface area contributed by atoms with Gasteiger partial charge in [0.1, 0.15) is 6.04 Å². The van der Waals surface area contributed by atoms with Gasteiger partial charge in [-0.25, -0.2) is 9.82 Å². The Morgan fingerprint density at radius 3 is 2.70 bits per heavy atom. The van der Waals surface area contributed by atoms with Crippen molar-refractivity contribution >= 4 is 5.91 Å². The molecule has 1 aromatic carbocycles. The lowest BCUT2D eigenvalue weighted by Gasteiger charge is -2.21. The Morgan fingerprint density at radius 2 is 2.13 bits per heavy atom. The molecule has 0 bridgehead atoms. The number of benzene rings is 1. The van der Waals surface area contributed by atoms with E-state index in [2.05, 4.69) is 23.1 Å². The summed E-state index contributed by atoms with van der Waals surface area (Å²) in [5.41, 5.74) is 6.90. The van der Waals surface area contributed by atoms with Gasteiger partial charge in [-0.3, -0.25) is 10.2 Å². The van der Waals surface area contributed by atoms with E-state index in [4.69, 9.17) is 4.74 Å². The van der Waals surface area contributed by atoms with Crippen molar-refractivity contribution in [1.82, 2.24) is 16.2 Å². The normalized spacial score (nSPS) is 25.2. The average molecular weight is 323 g/mol. The van der Waals surface area contributed by atoms with Crippen LogP contribution in [0.5, 0.6) is 5.75 Å². The molecule has 0 aromatic heterocycles. The van der Waals surface area contributed by atoms with Crippen molar-refractivity contribution in [2.24, 2.45) is 5.92 Å². The van der Waals surface area contributed by atoms with Gasteiger partial charge < -0.3 is 10.1 Å². The number of halogens is 1. The van der Waals surface area contributed by atoms with Gasteiger partial charge in [0, 0.05) is 6.04 Å². The molecular weight excluding hydrogens is 297 g/mol. The third kappa shape index (κ3) is 4.00. The van der Waals surface area contributed by atoms with Gasteiger partial charge in [-0.2, -0.15) is 0 Å². The van der Waals surface area contributed by atoms with E-state index in [-0.39, 0.29) is 35.7 Å². The lowest BCUT2D eigenvalue weighted by atomic mass is 9.94. The highest BCUT2D eigenvalue weighted by Crippen LogP contribution is 2.23. The maximum Gasteiger partial charge on any atom is 0.239 e. The molecule has 3 N–H and O–H groups in total. The van der Waals surface area contributed by atoms with Gasteiger partial charge in [-0.05, 0) is 43.9 Å². The predicted octanol–water partition coefficient (Wildman–Crippen LogP) is 2.29. The first-order valence-corrected chi connectivity index (χ1v) is 8.21. The van der Waals surface area contributed by atoms with Crippen LogP contribution in [0.4, 0.5) is 4.39 Å². The maximum atomic E-state index is 13.9. The number of carbonyl (C=O) groups excluding carboxylic acids is 1. The zero-order valence-electron chi connectivity index (χ0n) is 14.2. The fourth-order valence-corrected chi connectivity index (χ4v) is 2.92. The van der Waals surface area contributed by atoms with E-state index in [1.54, 1.807) is 12.1 Å². The van der Waals surface area contributed by atoms with Crippen molar-refractivity contribution in [1.29, 1.82) is 0 Å². The van der Waals surface area contributed by atoms with Crippen LogP contribution in [0.1, 0.15) is 45.7 Å². The number of hydrogen-bond acceptors (Lipinski definition) is 4. The zero-order chi connectivity index (χ0) is 17.0. The molecule has 1 amide bonds. The number of hydrazine groups is 1. The minimum atomic E-state index is -0.412. The highest BCUT2D eigenvalue weighted by Gasteiger charge is 2.36. The molecule has 128 valence electrons. The van der Waals surface area contributed by atoms with E-state index < -0.39 is 5.82 Å². The summed E-state index contributed by atoms with van der Waals surface area (Å²) >= 11 is 0. The molecule has 4 atom stereocenters. The number of amides is 1. The molecule has 1 fully saturated rings. The highest BCUT2D eigenvalue weighted by molar-refractivity contribution is 5.82. The molecular formula is C17H26FN3O2. The van der Waals surface area contributed by atoms with Crippen LogP contribution in [-0.2, 0) is 4.79 Å².